The predicted molar refractivity (Wildman–Crippen MR) is 52.7 cm³/mol. The van der Waals surface area contributed by atoms with Crippen LogP contribution in [0.3, 0.4) is 0 Å². The lowest BCUT2D eigenvalue weighted by molar-refractivity contribution is -0.991. The molecule has 0 fully saturated rings. The van der Waals surface area contributed by atoms with Crippen molar-refractivity contribution in [2.24, 2.45) is 0 Å². The molecular weight excluding hydrogens is 202 g/mol. The molecule has 1 unspecified atom stereocenters. The molecule has 0 aliphatic rings. The van der Waals surface area contributed by atoms with Gasteiger partial charge in [-0.2, -0.15) is 10.3 Å². The van der Waals surface area contributed by atoms with Crippen molar-refractivity contribution in [2.75, 3.05) is 6.26 Å². The van der Waals surface area contributed by atoms with Gasteiger partial charge in [0.05, 0.1) is 0 Å². The summed E-state index contributed by atoms with van der Waals surface area (Å²) in [6.45, 7) is 0. The van der Waals surface area contributed by atoms with Gasteiger partial charge in [-0.15, -0.1) is 11.8 Å². The summed E-state index contributed by atoms with van der Waals surface area (Å²) >= 11 is 1.34. The van der Waals surface area contributed by atoms with Gasteiger partial charge in [0.2, 0.25) is 5.69 Å². The van der Waals surface area contributed by atoms with Crippen LogP contribution in [0.4, 0.5) is 5.69 Å². The summed E-state index contributed by atoms with van der Waals surface area (Å²) in [5, 5.41) is 23.8. The van der Waals surface area contributed by atoms with E-state index in [0.717, 1.165) is 0 Å². The number of nitrogens with zero attached hydrogens (tertiary/aromatic N) is 2. The highest BCUT2D eigenvalue weighted by atomic mass is 32.2. The summed E-state index contributed by atoms with van der Waals surface area (Å²) in [7, 11) is 0. The fourth-order valence-corrected chi connectivity index (χ4v) is 1.89. The molecule has 0 aliphatic heterocycles. The average molecular weight is 211 g/mol. The van der Waals surface area contributed by atoms with Crippen molar-refractivity contribution in [1.29, 1.82) is 0 Å². The lowest BCUT2D eigenvalue weighted by Gasteiger charge is -2.10. The highest BCUT2D eigenvalue weighted by molar-refractivity contribution is 7.98. The van der Waals surface area contributed by atoms with Crippen LogP contribution in [0, 0.1) is 5.21 Å². The second kappa shape index (κ2) is 3.58. The molecule has 0 spiro atoms. The van der Waals surface area contributed by atoms with Gasteiger partial charge in [-0.05, 0) is 18.4 Å². The fourth-order valence-electron chi connectivity index (χ4n) is 1.32. The average Bonchev–Trinajstić information content (AvgIpc) is 2.55. The number of hydrogen-bond donors (Lipinski definition) is 2. The van der Waals surface area contributed by atoms with Crippen molar-refractivity contribution in [3.05, 3.63) is 29.6 Å². The largest absolute Gasteiger partial charge is 0.595 e. The zero-order chi connectivity index (χ0) is 10.1. The van der Waals surface area contributed by atoms with Gasteiger partial charge in [0, 0.05) is 6.20 Å². The predicted octanol–water partition coefficient (Wildman–Crippen LogP) is 0.460. The third-order valence-electron chi connectivity index (χ3n) is 1.92. The van der Waals surface area contributed by atoms with Crippen molar-refractivity contribution in [3.63, 3.8) is 0 Å². The number of pyridine rings is 1. The minimum Gasteiger partial charge on any atom is -0.595 e. The van der Waals surface area contributed by atoms with Gasteiger partial charge in [0.15, 0.2) is 5.03 Å². The molecule has 1 atom stereocenters. The lowest BCUT2D eigenvalue weighted by atomic mass is 10.4. The molecule has 2 rings (SSSR count). The highest BCUT2D eigenvalue weighted by Gasteiger charge is 2.17. The molecule has 0 saturated heterocycles. The Balaban J connectivity index is 2.74. The number of hydrogen-bond acceptors (Lipinski definition) is 4. The van der Waals surface area contributed by atoms with E-state index >= 15 is 0 Å². The highest BCUT2D eigenvalue weighted by Crippen LogP contribution is 2.24. The maximum atomic E-state index is 11.0. The zero-order valence-electron chi connectivity index (χ0n) is 7.47. The van der Waals surface area contributed by atoms with Gasteiger partial charge < -0.3 is 5.21 Å². The van der Waals surface area contributed by atoms with Crippen molar-refractivity contribution in [1.82, 2.24) is 9.61 Å². The number of rotatable bonds is 2. The monoisotopic (exact) mass is 211 g/mol. The minimum atomic E-state index is -0.935. The second-order valence-electron chi connectivity index (χ2n) is 2.72. The Kier molecular flexibility index (Phi) is 2.42. The summed E-state index contributed by atoms with van der Waals surface area (Å²) in [4.78, 5) is 0. The molecule has 0 aromatic carbocycles. The van der Waals surface area contributed by atoms with Crippen molar-refractivity contribution in [2.45, 2.75) is 5.03 Å². The van der Waals surface area contributed by atoms with Crippen LogP contribution >= 0.6 is 11.8 Å². The Bertz CT molecular complexity index is 455. The molecule has 14 heavy (non-hydrogen) atoms. The molecule has 0 amide bonds. The van der Waals surface area contributed by atoms with E-state index in [-0.39, 0.29) is 5.69 Å². The molecule has 0 saturated carbocycles. The third-order valence-corrected chi connectivity index (χ3v) is 2.59. The van der Waals surface area contributed by atoms with E-state index in [1.807, 2.05) is 12.3 Å². The summed E-state index contributed by atoms with van der Waals surface area (Å²) in [6, 6.07) is 5.36. The Morgan fingerprint density at radius 3 is 3.00 bits per heavy atom. The van der Waals surface area contributed by atoms with Gasteiger partial charge >= 0.3 is 0 Å². The summed E-state index contributed by atoms with van der Waals surface area (Å²) < 4.78 is 1.58. The molecule has 2 aromatic heterocycles. The Morgan fingerprint density at radius 2 is 2.36 bits per heavy atom. The normalized spacial score (nSPS) is 13.4. The lowest BCUT2D eigenvalue weighted by Crippen LogP contribution is -2.99. The van der Waals surface area contributed by atoms with E-state index in [4.69, 9.17) is 5.21 Å². The maximum Gasteiger partial charge on any atom is 0.224 e. The van der Waals surface area contributed by atoms with Gasteiger partial charge in [-0.1, -0.05) is 6.07 Å². The van der Waals surface area contributed by atoms with E-state index in [1.165, 1.54) is 11.8 Å². The van der Waals surface area contributed by atoms with Crippen LogP contribution in [0.1, 0.15) is 0 Å². The molecule has 74 valence electrons. The molecule has 2 aromatic rings. The van der Waals surface area contributed by atoms with E-state index in [9.17, 15) is 5.21 Å². The summed E-state index contributed by atoms with van der Waals surface area (Å²) in [6.07, 6.45) is 3.55. The SMILES string of the molecule is CSc1nn2ccccc2c1[NH+]([O-])O. The van der Waals surface area contributed by atoms with E-state index < -0.39 is 5.23 Å². The minimum absolute atomic E-state index is 0.276. The summed E-state index contributed by atoms with van der Waals surface area (Å²) in [5.74, 6) is 0. The smallest absolute Gasteiger partial charge is 0.224 e. The Morgan fingerprint density at radius 1 is 1.57 bits per heavy atom. The summed E-state index contributed by atoms with van der Waals surface area (Å²) in [5.41, 5.74) is 0.905. The number of thioether (sulfide) groups is 1. The molecular formula is C8H9N3O2S. The molecule has 2 N–H and O–H groups in total. The number of nitrogens with one attached hydrogen (secondary N) is 1. The molecule has 0 radical (unpaired) electrons. The third kappa shape index (κ3) is 1.38. The first kappa shape index (κ1) is 9.47. The van der Waals surface area contributed by atoms with E-state index in [2.05, 4.69) is 5.10 Å². The fraction of sp³-hybridized carbons (Fsp3) is 0.125. The quantitative estimate of drug-likeness (QED) is 0.559. The van der Waals surface area contributed by atoms with Crippen LogP contribution in [0.2, 0.25) is 0 Å². The Hall–Kier alpha value is -1.08. The molecule has 0 bridgehead atoms. The molecule has 2 heterocycles. The van der Waals surface area contributed by atoms with Crippen molar-refractivity contribution >= 4 is 23.0 Å². The molecule has 0 aliphatic carbocycles. The standard InChI is InChI=1S/C8H9N3O2S/c1-14-8-7(11(12)13)6-4-2-3-5-10(6)9-8/h2-5,11-12H,1H3. The van der Waals surface area contributed by atoms with Gasteiger partial charge in [0.1, 0.15) is 5.52 Å². The second-order valence-corrected chi connectivity index (χ2v) is 3.51. The number of quaternary nitrogens is 1. The van der Waals surface area contributed by atoms with Crippen LogP contribution in [0.5, 0.6) is 0 Å². The van der Waals surface area contributed by atoms with Crippen molar-refractivity contribution in [3.8, 4) is 0 Å². The van der Waals surface area contributed by atoms with Crippen LogP contribution in [0.25, 0.3) is 5.52 Å². The zero-order valence-corrected chi connectivity index (χ0v) is 8.28. The van der Waals surface area contributed by atoms with E-state index in [1.54, 1.807) is 22.8 Å². The van der Waals surface area contributed by atoms with Gasteiger partial charge in [-0.25, -0.2) is 9.72 Å². The van der Waals surface area contributed by atoms with Gasteiger partial charge in [0.25, 0.3) is 0 Å². The first-order chi connectivity index (χ1) is 6.74. The van der Waals surface area contributed by atoms with Crippen LogP contribution in [0.15, 0.2) is 29.4 Å². The first-order valence-electron chi connectivity index (χ1n) is 3.98. The van der Waals surface area contributed by atoms with Crippen LogP contribution in [-0.2, 0) is 0 Å². The first-order valence-corrected chi connectivity index (χ1v) is 5.21. The van der Waals surface area contributed by atoms with Gasteiger partial charge in [-0.3, -0.25) is 0 Å². The van der Waals surface area contributed by atoms with Crippen molar-refractivity contribution < 1.29 is 10.4 Å². The molecule has 6 heteroatoms. The van der Waals surface area contributed by atoms with Crippen LogP contribution in [-0.4, -0.2) is 21.1 Å². The Labute approximate surface area is 84.5 Å². The number of aromatic nitrogens is 2. The van der Waals surface area contributed by atoms with Crippen LogP contribution < -0.4 is 5.23 Å². The topological polar surface area (TPSA) is 65.0 Å². The number of fused-ring (bicyclic) bond motifs is 1. The van der Waals surface area contributed by atoms with E-state index in [0.29, 0.717) is 10.5 Å². The molecule has 5 nitrogen and oxygen atoms in total. The maximum absolute atomic E-state index is 11.0.